The molecule has 0 fully saturated rings. The third-order valence-corrected chi connectivity index (χ3v) is 3.71. The van der Waals surface area contributed by atoms with Crippen molar-refractivity contribution in [3.8, 4) is 0 Å². The van der Waals surface area contributed by atoms with Gasteiger partial charge >= 0.3 is 0 Å². The predicted octanol–water partition coefficient (Wildman–Crippen LogP) is 3.80. The Morgan fingerprint density at radius 1 is 0.778 bits per heavy atom. The van der Waals surface area contributed by atoms with Gasteiger partial charge in [-0.05, 0) is 52.6 Å². The first-order valence-corrected chi connectivity index (χ1v) is 6.42. The van der Waals surface area contributed by atoms with Crippen molar-refractivity contribution >= 4 is 21.5 Å². The molecule has 0 radical (unpaired) electrons. The van der Waals surface area contributed by atoms with Gasteiger partial charge in [-0.3, -0.25) is 0 Å². The number of hydrogen-bond acceptors (Lipinski definition) is 1. The summed E-state index contributed by atoms with van der Waals surface area (Å²) in [4.78, 5) is 0. The van der Waals surface area contributed by atoms with Crippen molar-refractivity contribution in [1.29, 1.82) is 0 Å². The molecule has 3 aromatic carbocycles. The zero-order valence-electron chi connectivity index (χ0n) is 10.6. The normalized spacial score (nSPS) is 11.2. The minimum absolute atomic E-state index is 0.692. The Morgan fingerprint density at radius 3 is 1.67 bits per heavy atom. The van der Waals surface area contributed by atoms with Crippen LogP contribution in [0.25, 0.3) is 21.5 Å². The van der Waals surface area contributed by atoms with E-state index in [1.807, 2.05) is 0 Å². The molecule has 0 bridgehead atoms. The molecule has 0 heterocycles. The summed E-state index contributed by atoms with van der Waals surface area (Å²) >= 11 is 0. The zero-order chi connectivity index (χ0) is 12.5. The molecule has 0 spiro atoms. The van der Waals surface area contributed by atoms with E-state index in [0.29, 0.717) is 6.54 Å². The van der Waals surface area contributed by atoms with Crippen molar-refractivity contribution in [2.75, 3.05) is 6.54 Å². The first kappa shape index (κ1) is 11.2. The lowest BCUT2D eigenvalue weighted by atomic mass is 9.91. The minimum atomic E-state index is 0.692. The van der Waals surface area contributed by atoms with E-state index in [1.54, 1.807) is 0 Å². The second-order valence-corrected chi connectivity index (χ2v) is 4.73. The molecule has 90 valence electrons. The van der Waals surface area contributed by atoms with E-state index in [1.165, 1.54) is 32.7 Å². The van der Waals surface area contributed by atoms with Crippen LogP contribution in [-0.2, 0) is 6.42 Å². The lowest BCUT2D eigenvalue weighted by Crippen LogP contribution is -2.04. The minimum Gasteiger partial charge on any atom is -0.330 e. The summed E-state index contributed by atoms with van der Waals surface area (Å²) in [5.41, 5.74) is 8.53. The third kappa shape index (κ3) is 1.59. The molecule has 0 aliphatic heterocycles. The average Bonchev–Trinajstić information content (AvgIpc) is 2.43. The van der Waals surface area contributed by atoms with Crippen LogP contribution >= 0.6 is 0 Å². The van der Waals surface area contributed by atoms with Crippen LogP contribution in [0.2, 0.25) is 0 Å². The van der Waals surface area contributed by atoms with Crippen LogP contribution in [0, 0.1) is 6.92 Å². The number of benzene rings is 3. The number of aryl methyl sites for hydroxylation is 1. The topological polar surface area (TPSA) is 26.0 Å². The van der Waals surface area contributed by atoms with Gasteiger partial charge in [-0.1, -0.05) is 48.5 Å². The summed E-state index contributed by atoms with van der Waals surface area (Å²) < 4.78 is 0. The highest BCUT2D eigenvalue weighted by Crippen LogP contribution is 2.32. The Bertz CT molecular complexity index is 656. The summed E-state index contributed by atoms with van der Waals surface area (Å²) in [6, 6.07) is 17.3. The molecule has 0 saturated heterocycles. The van der Waals surface area contributed by atoms with E-state index in [2.05, 4.69) is 55.5 Å². The van der Waals surface area contributed by atoms with Crippen molar-refractivity contribution in [3.05, 3.63) is 59.7 Å². The molecule has 0 atom stereocenters. The SMILES string of the molecule is Cc1c2ccccc2c(CCN)c2ccccc12. The smallest absolute Gasteiger partial charge is 0.00363 e. The number of hydrogen-bond donors (Lipinski definition) is 1. The Hall–Kier alpha value is -1.86. The van der Waals surface area contributed by atoms with Gasteiger partial charge in [-0.2, -0.15) is 0 Å². The molecule has 18 heavy (non-hydrogen) atoms. The molecule has 2 N–H and O–H groups in total. The molecular weight excluding hydrogens is 218 g/mol. The fourth-order valence-corrected chi connectivity index (χ4v) is 2.85. The Morgan fingerprint density at radius 2 is 1.22 bits per heavy atom. The monoisotopic (exact) mass is 235 g/mol. The first-order chi connectivity index (χ1) is 8.83. The quantitative estimate of drug-likeness (QED) is 0.672. The summed E-state index contributed by atoms with van der Waals surface area (Å²) in [5.74, 6) is 0. The predicted molar refractivity (Wildman–Crippen MR) is 78.9 cm³/mol. The summed E-state index contributed by atoms with van der Waals surface area (Å²) in [6.45, 7) is 2.90. The lowest BCUT2D eigenvalue weighted by molar-refractivity contribution is 0.985. The van der Waals surface area contributed by atoms with Gasteiger partial charge < -0.3 is 5.73 Å². The number of rotatable bonds is 2. The summed E-state index contributed by atoms with van der Waals surface area (Å²) in [7, 11) is 0. The fraction of sp³-hybridized carbons (Fsp3) is 0.176. The largest absolute Gasteiger partial charge is 0.330 e. The molecule has 1 nitrogen and oxygen atoms in total. The van der Waals surface area contributed by atoms with Gasteiger partial charge in [0.25, 0.3) is 0 Å². The Kier molecular flexibility index (Phi) is 2.77. The van der Waals surface area contributed by atoms with Gasteiger partial charge in [0, 0.05) is 0 Å². The van der Waals surface area contributed by atoms with E-state index in [0.717, 1.165) is 6.42 Å². The van der Waals surface area contributed by atoms with Crippen LogP contribution in [-0.4, -0.2) is 6.54 Å². The molecule has 1 heteroatoms. The highest BCUT2D eigenvalue weighted by Gasteiger charge is 2.09. The Balaban J connectivity index is 2.54. The van der Waals surface area contributed by atoms with Gasteiger partial charge in [-0.25, -0.2) is 0 Å². The maximum atomic E-state index is 5.78. The van der Waals surface area contributed by atoms with Gasteiger partial charge in [0.2, 0.25) is 0 Å². The number of fused-ring (bicyclic) bond motifs is 2. The lowest BCUT2D eigenvalue weighted by Gasteiger charge is -2.14. The molecule has 0 saturated carbocycles. The van der Waals surface area contributed by atoms with Crippen molar-refractivity contribution in [3.63, 3.8) is 0 Å². The van der Waals surface area contributed by atoms with E-state index >= 15 is 0 Å². The second-order valence-electron chi connectivity index (χ2n) is 4.73. The molecule has 0 amide bonds. The molecular formula is C17H17N. The maximum absolute atomic E-state index is 5.78. The van der Waals surface area contributed by atoms with Crippen LogP contribution in [0.1, 0.15) is 11.1 Å². The standard InChI is InChI=1S/C17H17N/c1-12-13-6-2-4-8-15(13)17(10-11-18)16-9-5-3-7-14(12)16/h2-9H,10-11,18H2,1H3. The van der Waals surface area contributed by atoms with Crippen molar-refractivity contribution in [2.24, 2.45) is 5.73 Å². The fourth-order valence-electron chi connectivity index (χ4n) is 2.85. The van der Waals surface area contributed by atoms with Gasteiger partial charge in [0.15, 0.2) is 0 Å². The van der Waals surface area contributed by atoms with E-state index in [4.69, 9.17) is 5.73 Å². The Labute approximate surface area is 107 Å². The van der Waals surface area contributed by atoms with Gasteiger partial charge in [-0.15, -0.1) is 0 Å². The molecule has 0 aromatic heterocycles. The highest BCUT2D eigenvalue weighted by atomic mass is 14.5. The molecule has 3 rings (SSSR count). The molecule has 0 aliphatic carbocycles. The molecule has 0 aliphatic rings. The van der Waals surface area contributed by atoms with E-state index < -0.39 is 0 Å². The maximum Gasteiger partial charge on any atom is -0.00363 e. The molecule has 3 aromatic rings. The number of nitrogens with two attached hydrogens (primary N) is 1. The molecule has 0 unspecified atom stereocenters. The summed E-state index contributed by atoms with van der Waals surface area (Å²) in [5, 5.41) is 5.39. The first-order valence-electron chi connectivity index (χ1n) is 6.42. The highest BCUT2D eigenvalue weighted by molar-refractivity contribution is 6.05. The van der Waals surface area contributed by atoms with Gasteiger partial charge in [0.05, 0.1) is 0 Å². The third-order valence-electron chi connectivity index (χ3n) is 3.71. The van der Waals surface area contributed by atoms with E-state index in [9.17, 15) is 0 Å². The van der Waals surface area contributed by atoms with Crippen LogP contribution < -0.4 is 5.73 Å². The van der Waals surface area contributed by atoms with Crippen molar-refractivity contribution in [1.82, 2.24) is 0 Å². The second kappa shape index (κ2) is 4.43. The van der Waals surface area contributed by atoms with Gasteiger partial charge in [0.1, 0.15) is 0 Å². The average molecular weight is 235 g/mol. The zero-order valence-corrected chi connectivity index (χ0v) is 10.6. The van der Waals surface area contributed by atoms with Crippen LogP contribution in [0.3, 0.4) is 0 Å². The van der Waals surface area contributed by atoms with Crippen LogP contribution in [0.5, 0.6) is 0 Å². The van der Waals surface area contributed by atoms with Crippen LogP contribution in [0.4, 0.5) is 0 Å². The van der Waals surface area contributed by atoms with E-state index in [-0.39, 0.29) is 0 Å². The van der Waals surface area contributed by atoms with Crippen molar-refractivity contribution in [2.45, 2.75) is 13.3 Å². The summed E-state index contributed by atoms with van der Waals surface area (Å²) in [6.07, 6.45) is 0.932. The van der Waals surface area contributed by atoms with Crippen molar-refractivity contribution < 1.29 is 0 Å². The van der Waals surface area contributed by atoms with Crippen LogP contribution in [0.15, 0.2) is 48.5 Å².